The van der Waals surface area contributed by atoms with E-state index in [0.29, 0.717) is 28.9 Å². The van der Waals surface area contributed by atoms with Gasteiger partial charge in [0.25, 0.3) is 0 Å². The van der Waals surface area contributed by atoms with Crippen molar-refractivity contribution in [1.29, 1.82) is 5.26 Å². The minimum absolute atomic E-state index is 0.335. The van der Waals surface area contributed by atoms with E-state index in [-0.39, 0.29) is 0 Å². The maximum atomic E-state index is 9.35. The van der Waals surface area contributed by atoms with Crippen molar-refractivity contribution in [3.05, 3.63) is 65.0 Å². The summed E-state index contributed by atoms with van der Waals surface area (Å²) < 4.78 is 2.49. The number of benzene rings is 2. The molecule has 1 aliphatic rings. The summed E-state index contributed by atoms with van der Waals surface area (Å²) in [7, 11) is 0. The number of aromatic nitrogens is 2. The fourth-order valence-electron chi connectivity index (χ4n) is 5.45. The van der Waals surface area contributed by atoms with E-state index in [2.05, 4.69) is 75.6 Å². The monoisotopic (exact) mass is 399 g/mol. The molecule has 1 fully saturated rings. The summed E-state index contributed by atoms with van der Waals surface area (Å²) in [5.74, 6) is 2.36. The van der Waals surface area contributed by atoms with Gasteiger partial charge in [-0.2, -0.15) is 5.26 Å². The molecule has 0 saturated heterocycles. The van der Waals surface area contributed by atoms with Gasteiger partial charge >= 0.3 is 0 Å². The van der Waals surface area contributed by atoms with Gasteiger partial charge in [-0.15, -0.1) is 0 Å². The molecule has 156 valence electrons. The zero-order chi connectivity index (χ0) is 21.5. The Morgan fingerprint density at radius 1 is 1.13 bits per heavy atom. The second-order valence-electron chi connectivity index (χ2n) is 10.4. The zero-order valence-corrected chi connectivity index (χ0v) is 18.9. The number of rotatable bonds is 4. The van der Waals surface area contributed by atoms with Crippen molar-refractivity contribution < 1.29 is 0 Å². The van der Waals surface area contributed by atoms with Crippen LogP contribution in [0.4, 0.5) is 0 Å². The number of imidazole rings is 1. The van der Waals surface area contributed by atoms with E-state index in [1.54, 1.807) is 0 Å². The molecule has 1 heterocycles. The van der Waals surface area contributed by atoms with Crippen LogP contribution in [0.3, 0.4) is 0 Å². The number of nitrogens with zero attached hydrogens (tertiary/aromatic N) is 3. The summed E-state index contributed by atoms with van der Waals surface area (Å²) >= 11 is 0. The third-order valence-corrected chi connectivity index (χ3v) is 6.63. The van der Waals surface area contributed by atoms with Crippen LogP contribution in [0.2, 0.25) is 0 Å². The van der Waals surface area contributed by atoms with Crippen LogP contribution in [-0.4, -0.2) is 9.55 Å². The molecule has 0 spiro atoms. The van der Waals surface area contributed by atoms with Crippen LogP contribution < -0.4 is 0 Å². The highest BCUT2D eigenvalue weighted by molar-refractivity contribution is 5.78. The van der Waals surface area contributed by atoms with Crippen LogP contribution in [0.5, 0.6) is 0 Å². The smallest absolute Gasteiger partial charge is 0.114 e. The SMILES string of the molecule is CC(C)c1ccc(Cc2nc3cc(C#N)ccc3n2[C@@H]2C[C@H](C)CC(C)(C)C2)cc1. The lowest BCUT2D eigenvalue weighted by Crippen LogP contribution is -2.30. The van der Waals surface area contributed by atoms with Gasteiger partial charge in [0.05, 0.1) is 22.7 Å². The van der Waals surface area contributed by atoms with E-state index < -0.39 is 0 Å². The Hall–Kier alpha value is -2.60. The molecule has 2 atom stereocenters. The quantitative estimate of drug-likeness (QED) is 0.473. The van der Waals surface area contributed by atoms with E-state index in [4.69, 9.17) is 4.98 Å². The highest BCUT2D eigenvalue weighted by atomic mass is 15.1. The predicted octanol–water partition coefficient (Wildman–Crippen LogP) is 7.01. The van der Waals surface area contributed by atoms with Gasteiger partial charge in [-0.3, -0.25) is 0 Å². The number of fused-ring (bicyclic) bond motifs is 1. The molecule has 2 aromatic carbocycles. The van der Waals surface area contributed by atoms with Crippen molar-refractivity contribution in [3.8, 4) is 6.07 Å². The molecule has 1 saturated carbocycles. The van der Waals surface area contributed by atoms with Crippen LogP contribution in [0.25, 0.3) is 11.0 Å². The predicted molar refractivity (Wildman–Crippen MR) is 124 cm³/mol. The van der Waals surface area contributed by atoms with E-state index in [0.717, 1.165) is 23.3 Å². The normalized spacial score (nSPS) is 21.1. The molecule has 0 amide bonds. The van der Waals surface area contributed by atoms with Crippen LogP contribution in [-0.2, 0) is 6.42 Å². The topological polar surface area (TPSA) is 41.6 Å². The first-order valence-electron chi connectivity index (χ1n) is 11.3. The summed E-state index contributed by atoms with van der Waals surface area (Å²) in [6.07, 6.45) is 4.46. The second kappa shape index (κ2) is 7.91. The average Bonchev–Trinajstić information content (AvgIpc) is 3.03. The molecule has 3 aromatic rings. The van der Waals surface area contributed by atoms with Crippen molar-refractivity contribution in [2.24, 2.45) is 11.3 Å². The summed E-state index contributed by atoms with van der Waals surface area (Å²) in [4.78, 5) is 5.03. The molecule has 30 heavy (non-hydrogen) atoms. The first kappa shape index (κ1) is 20.7. The van der Waals surface area contributed by atoms with Crippen molar-refractivity contribution in [2.45, 2.75) is 72.3 Å². The van der Waals surface area contributed by atoms with E-state index in [1.165, 1.54) is 30.4 Å². The fourth-order valence-corrected chi connectivity index (χ4v) is 5.45. The highest BCUT2D eigenvalue weighted by Crippen LogP contribution is 2.45. The van der Waals surface area contributed by atoms with Crippen molar-refractivity contribution in [2.75, 3.05) is 0 Å². The summed E-state index contributed by atoms with van der Waals surface area (Å²) in [6, 6.07) is 17.7. The Morgan fingerprint density at radius 3 is 2.50 bits per heavy atom. The summed E-state index contributed by atoms with van der Waals surface area (Å²) in [5.41, 5.74) is 5.78. The van der Waals surface area contributed by atoms with Crippen LogP contribution >= 0.6 is 0 Å². The lowest BCUT2D eigenvalue weighted by atomic mass is 9.70. The van der Waals surface area contributed by atoms with Crippen LogP contribution in [0.1, 0.15) is 88.4 Å². The van der Waals surface area contributed by atoms with Gasteiger partial charge in [0.2, 0.25) is 0 Å². The molecular weight excluding hydrogens is 366 g/mol. The molecule has 3 nitrogen and oxygen atoms in total. The van der Waals surface area contributed by atoms with Crippen LogP contribution in [0, 0.1) is 22.7 Å². The van der Waals surface area contributed by atoms with Crippen molar-refractivity contribution >= 4 is 11.0 Å². The van der Waals surface area contributed by atoms with Gasteiger partial charge in [-0.05, 0) is 65.8 Å². The summed E-state index contributed by atoms with van der Waals surface area (Å²) in [5, 5.41) is 9.35. The molecule has 1 aliphatic carbocycles. The Kier molecular flexibility index (Phi) is 5.45. The van der Waals surface area contributed by atoms with Gasteiger partial charge in [0.15, 0.2) is 0 Å². The second-order valence-corrected chi connectivity index (χ2v) is 10.4. The zero-order valence-electron chi connectivity index (χ0n) is 18.9. The molecule has 3 heteroatoms. The van der Waals surface area contributed by atoms with E-state index in [9.17, 15) is 5.26 Å². The minimum Gasteiger partial charge on any atom is -0.325 e. The molecule has 4 rings (SSSR count). The maximum absolute atomic E-state index is 9.35. The number of hydrogen-bond acceptors (Lipinski definition) is 2. The van der Waals surface area contributed by atoms with E-state index >= 15 is 0 Å². The lowest BCUT2D eigenvalue weighted by Gasteiger charge is -2.40. The molecule has 0 radical (unpaired) electrons. The molecule has 0 bridgehead atoms. The third-order valence-electron chi connectivity index (χ3n) is 6.63. The lowest BCUT2D eigenvalue weighted by molar-refractivity contribution is 0.137. The molecule has 1 aromatic heterocycles. The van der Waals surface area contributed by atoms with Crippen molar-refractivity contribution in [3.63, 3.8) is 0 Å². The minimum atomic E-state index is 0.335. The highest BCUT2D eigenvalue weighted by Gasteiger charge is 2.34. The van der Waals surface area contributed by atoms with Gasteiger partial charge in [0.1, 0.15) is 5.82 Å². The largest absolute Gasteiger partial charge is 0.325 e. The van der Waals surface area contributed by atoms with E-state index in [1.807, 2.05) is 12.1 Å². The number of nitriles is 1. The van der Waals surface area contributed by atoms with Crippen molar-refractivity contribution in [1.82, 2.24) is 9.55 Å². The van der Waals surface area contributed by atoms with Gasteiger partial charge < -0.3 is 4.57 Å². The van der Waals surface area contributed by atoms with Gasteiger partial charge in [-0.25, -0.2) is 4.98 Å². The Labute approximate surface area is 180 Å². The Morgan fingerprint density at radius 2 is 1.87 bits per heavy atom. The summed E-state index contributed by atoms with van der Waals surface area (Å²) in [6.45, 7) is 11.6. The number of hydrogen-bond donors (Lipinski definition) is 0. The standard InChI is InChI=1S/C27H33N3/c1-18(2)22-9-6-20(7-10-22)14-26-29-24-13-21(17-28)8-11-25(24)30(26)23-12-19(3)15-27(4,5)16-23/h6-11,13,18-19,23H,12,14-16H2,1-5H3/t19-,23+/m0/s1. The first-order chi connectivity index (χ1) is 14.3. The molecule has 0 unspecified atom stereocenters. The Balaban J connectivity index is 1.77. The average molecular weight is 400 g/mol. The first-order valence-corrected chi connectivity index (χ1v) is 11.3. The Bertz CT molecular complexity index is 1080. The maximum Gasteiger partial charge on any atom is 0.114 e. The van der Waals surface area contributed by atoms with Gasteiger partial charge in [-0.1, -0.05) is 58.9 Å². The molecular formula is C27H33N3. The van der Waals surface area contributed by atoms with Crippen LogP contribution in [0.15, 0.2) is 42.5 Å². The molecule has 0 aliphatic heterocycles. The molecule has 0 N–H and O–H groups in total. The third kappa shape index (κ3) is 4.15. The van der Waals surface area contributed by atoms with Gasteiger partial charge in [0, 0.05) is 12.5 Å². The fraction of sp³-hybridized carbons (Fsp3) is 0.481.